The first-order chi connectivity index (χ1) is 7.45. The highest BCUT2D eigenvalue weighted by molar-refractivity contribution is 7.90. The Morgan fingerprint density at radius 2 is 2.31 bits per heavy atom. The lowest BCUT2D eigenvalue weighted by atomic mass is 10.3. The maximum Gasteiger partial charge on any atom is 0.227 e. The van der Waals surface area contributed by atoms with E-state index >= 15 is 0 Å². The molecule has 88 valence electrons. The van der Waals surface area contributed by atoms with Gasteiger partial charge in [-0.15, -0.1) is 11.3 Å². The number of rotatable bonds is 5. The van der Waals surface area contributed by atoms with Crippen LogP contribution in [0.2, 0.25) is 4.34 Å². The van der Waals surface area contributed by atoms with Crippen molar-refractivity contribution in [2.45, 2.75) is 18.6 Å². The highest BCUT2D eigenvalue weighted by atomic mass is 35.5. The minimum atomic E-state index is -3.51. The fraction of sp³-hybridized carbons (Fsp3) is 0.444. The second-order valence-corrected chi connectivity index (χ2v) is 7.05. The molecule has 16 heavy (non-hydrogen) atoms. The third-order valence-corrected chi connectivity index (χ3v) is 4.88. The fourth-order valence-corrected chi connectivity index (χ4v) is 2.86. The van der Waals surface area contributed by atoms with Crippen LogP contribution in [0.1, 0.15) is 11.8 Å². The van der Waals surface area contributed by atoms with Crippen molar-refractivity contribution in [1.82, 2.24) is 4.72 Å². The molecule has 1 rings (SSSR count). The quantitative estimate of drug-likeness (QED) is 0.892. The van der Waals surface area contributed by atoms with Crippen LogP contribution in [0.5, 0.6) is 0 Å². The molecule has 1 atom stereocenters. The topological polar surface area (TPSA) is 70.0 Å². The van der Waals surface area contributed by atoms with Crippen LogP contribution in [0.15, 0.2) is 12.1 Å². The summed E-state index contributed by atoms with van der Waals surface area (Å²) in [4.78, 5) is 1.01. The molecule has 7 heteroatoms. The van der Waals surface area contributed by atoms with Crippen LogP contribution < -0.4 is 4.72 Å². The summed E-state index contributed by atoms with van der Waals surface area (Å²) in [6.45, 7) is 1.63. The van der Waals surface area contributed by atoms with E-state index in [1.165, 1.54) is 18.3 Å². The number of thiophene rings is 1. The zero-order chi connectivity index (χ0) is 12.2. The van der Waals surface area contributed by atoms with Crippen molar-refractivity contribution < 1.29 is 8.42 Å². The molecule has 0 aromatic carbocycles. The van der Waals surface area contributed by atoms with Gasteiger partial charge in [-0.1, -0.05) is 11.6 Å². The molecular formula is C9H11ClN2O2S2. The summed E-state index contributed by atoms with van der Waals surface area (Å²) < 4.78 is 25.9. The Labute approximate surface area is 104 Å². The van der Waals surface area contributed by atoms with E-state index < -0.39 is 15.3 Å². The number of hydrogen-bond acceptors (Lipinski definition) is 4. The summed E-state index contributed by atoms with van der Waals surface area (Å²) >= 11 is 7.16. The van der Waals surface area contributed by atoms with Gasteiger partial charge in [0.25, 0.3) is 0 Å². The maximum atomic E-state index is 11.4. The summed E-state index contributed by atoms with van der Waals surface area (Å²) in [5.41, 5.74) is 0. The van der Waals surface area contributed by atoms with Crippen molar-refractivity contribution in [3.63, 3.8) is 0 Å². The van der Waals surface area contributed by atoms with Crippen LogP contribution in [-0.4, -0.2) is 20.2 Å². The summed E-state index contributed by atoms with van der Waals surface area (Å²) in [6.07, 6.45) is 0.578. The molecule has 0 saturated heterocycles. The third-order valence-electron chi connectivity index (χ3n) is 1.95. The van der Waals surface area contributed by atoms with Gasteiger partial charge in [0.15, 0.2) is 5.25 Å². The normalized spacial score (nSPS) is 13.3. The Balaban J connectivity index is 2.45. The van der Waals surface area contributed by atoms with E-state index in [4.69, 9.17) is 16.9 Å². The number of nitriles is 1. The molecule has 4 nitrogen and oxygen atoms in total. The van der Waals surface area contributed by atoms with Crippen LogP contribution in [-0.2, 0) is 16.4 Å². The first-order valence-electron chi connectivity index (χ1n) is 4.58. The summed E-state index contributed by atoms with van der Waals surface area (Å²) in [5.74, 6) is 0. The van der Waals surface area contributed by atoms with Gasteiger partial charge < -0.3 is 0 Å². The van der Waals surface area contributed by atoms with Gasteiger partial charge in [-0.2, -0.15) is 5.26 Å². The van der Waals surface area contributed by atoms with Gasteiger partial charge in [0.05, 0.1) is 10.4 Å². The van der Waals surface area contributed by atoms with E-state index in [-0.39, 0.29) is 6.54 Å². The Morgan fingerprint density at radius 1 is 1.62 bits per heavy atom. The van der Waals surface area contributed by atoms with Gasteiger partial charge in [-0.25, -0.2) is 13.1 Å². The molecule has 0 saturated carbocycles. The van der Waals surface area contributed by atoms with Crippen molar-refractivity contribution in [3.8, 4) is 6.07 Å². The molecule has 0 spiro atoms. The number of hydrogen-bond donors (Lipinski definition) is 1. The Morgan fingerprint density at radius 3 is 2.81 bits per heavy atom. The van der Waals surface area contributed by atoms with Crippen molar-refractivity contribution in [3.05, 3.63) is 21.3 Å². The van der Waals surface area contributed by atoms with Gasteiger partial charge in [0.2, 0.25) is 10.0 Å². The van der Waals surface area contributed by atoms with Crippen molar-refractivity contribution in [2.75, 3.05) is 6.54 Å². The molecule has 0 aliphatic carbocycles. The van der Waals surface area contributed by atoms with Crippen molar-refractivity contribution in [2.24, 2.45) is 0 Å². The van der Waals surface area contributed by atoms with Crippen molar-refractivity contribution >= 4 is 33.0 Å². The van der Waals surface area contributed by atoms with E-state index in [0.29, 0.717) is 10.8 Å². The average molecular weight is 279 g/mol. The minimum Gasteiger partial charge on any atom is -0.214 e. The zero-order valence-corrected chi connectivity index (χ0v) is 11.0. The SMILES string of the molecule is CC(C#N)S(=O)(=O)NCCc1ccc(Cl)s1. The van der Waals surface area contributed by atoms with Crippen LogP contribution in [0.4, 0.5) is 0 Å². The van der Waals surface area contributed by atoms with Gasteiger partial charge in [-0.05, 0) is 25.5 Å². The van der Waals surface area contributed by atoms with Gasteiger partial charge >= 0.3 is 0 Å². The van der Waals surface area contributed by atoms with Gasteiger partial charge in [-0.3, -0.25) is 0 Å². The number of sulfonamides is 1. The lowest BCUT2D eigenvalue weighted by Crippen LogP contribution is -2.33. The predicted molar refractivity (Wildman–Crippen MR) is 65.0 cm³/mol. The highest BCUT2D eigenvalue weighted by Crippen LogP contribution is 2.21. The molecule has 0 fully saturated rings. The fourth-order valence-electron chi connectivity index (χ4n) is 0.997. The molecular weight excluding hydrogens is 268 g/mol. The first-order valence-corrected chi connectivity index (χ1v) is 7.32. The lowest BCUT2D eigenvalue weighted by molar-refractivity contribution is 0.577. The Hall–Kier alpha value is -0.610. The van der Waals surface area contributed by atoms with Crippen LogP contribution in [0.25, 0.3) is 0 Å². The maximum absolute atomic E-state index is 11.4. The van der Waals surface area contributed by atoms with E-state index in [1.807, 2.05) is 6.07 Å². The molecule has 1 unspecified atom stereocenters. The third kappa shape index (κ3) is 3.76. The zero-order valence-electron chi connectivity index (χ0n) is 8.60. The van der Waals surface area contributed by atoms with Gasteiger partial charge in [0, 0.05) is 11.4 Å². The molecule has 0 bridgehead atoms. The average Bonchev–Trinajstić information content (AvgIpc) is 2.62. The summed E-state index contributed by atoms with van der Waals surface area (Å²) in [6, 6.07) is 5.32. The summed E-state index contributed by atoms with van der Waals surface area (Å²) in [7, 11) is -3.51. The second-order valence-electron chi connectivity index (χ2n) is 3.17. The van der Waals surface area contributed by atoms with Crippen LogP contribution >= 0.6 is 22.9 Å². The first kappa shape index (κ1) is 13.5. The largest absolute Gasteiger partial charge is 0.227 e. The smallest absolute Gasteiger partial charge is 0.214 e. The molecule has 1 aromatic heterocycles. The summed E-state index contributed by atoms with van der Waals surface area (Å²) in [5, 5.41) is 7.48. The predicted octanol–water partition coefficient (Wildman–Crippen LogP) is 1.78. The van der Waals surface area contributed by atoms with Crippen molar-refractivity contribution in [1.29, 1.82) is 5.26 Å². The second kappa shape index (κ2) is 5.64. The minimum absolute atomic E-state index is 0.283. The molecule has 0 amide bonds. The molecule has 1 aromatic rings. The number of nitrogens with one attached hydrogen (secondary N) is 1. The molecule has 0 aliphatic rings. The van der Waals surface area contributed by atoms with Gasteiger partial charge in [0.1, 0.15) is 0 Å². The van der Waals surface area contributed by atoms with E-state index in [2.05, 4.69) is 4.72 Å². The van der Waals surface area contributed by atoms with E-state index in [1.54, 1.807) is 12.1 Å². The monoisotopic (exact) mass is 278 g/mol. The number of halogens is 1. The van der Waals surface area contributed by atoms with Crippen LogP contribution in [0, 0.1) is 11.3 Å². The lowest BCUT2D eigenvalue weighted by Gasteiger charge is -2.06. The molecule has 1 heterocycles. The molecule has 1 N–H and O–H groups in total. The Bertz CT molecular complexity index is 490. The number of nitrogens with zero attached hydrogens (tertiary/aromatic N) is 1. The van der Waals surface area contributed by atoms with Crippen LogP contribution in [0.3, 0.4) is 0 Å². The highest BCUT2D eigenvalue weighted by Gasteiger charge is 2.18. The molecule has 0 radical (unpaired) electrons. The van der Waals surface area contributed by atoms with E-state index in [0.717, 1.165) is 4.88 Å². The standard InChI is InChI=1S/C9H11ClN2O2S2/c1-7(6-11)16(13,14)12-5-4-8-2-3-9(10)15-8/h2-3,7,12H,4-5H2,1H3. The van der Waals surface area contributed by atoms with E-state index in [9.17, 15) is 8.42 Å². The molecule has 0 aliphatic heterocycles. The Kier molecular flexibility index (Phi) is 4.74.